The highest BCUT2D eigenvalue weighted by Gasteiger charge is 2.38. The molecule has 18 heavy (non-hydrogen) atoms. The Bertz CT molecular complexity index is 328. The second kappa shape index (κ2) is 6.34. The van der Waals surface area contributed by atoms with Crippen molar-refractivity contribution in [3.05, 3.63) is 0 Å². The fourth-order valence-electron chi connectivity index (χ4n) is 2.09. The zero-order chi connectivity index (χ0) is 13.7. The van der Waals surface area contributed by atoms with Gasteiger partial charge in [-0.2, -0.15) is 0 Å². The minimum absolute atomic E-state index is 0.268. The van der Waals surface area contributed by atoms with Crippen molar-refractivity contribution < 1.29 is 23.9 Å². The van der Waals surface area contributed by atoms with Gasteiger partial charge in [0.05, 0.1) is 20.1 Å². The van der Waals surface area contributed by atoms with Gasteiger partial charge in [0.2, 0.25) is 11.9 Å². The quantitative estimate of drug-likeness (QED) is 0.507. The first kappa shape index (κ1) is 14.4. The first-order chi connectivity index (χ1) is 8.51. The summed E-state index contributed by atoms with van der Waals surface area (Å²) in [6, 6.07) is -1.12. The summed E-state index contributed by atoms with van der Waals surface area (Å²) in [6.07, 6.45) is 1.36. The van der Waals surface area contributed by atoms with Gasteiger partial charge < -0.3 is 15.2 Å². The van der Waals surface area contributed by atoms with Gasteiger partial charge >= 0.3 is 11.9 Å². The summed E-state index contributed by atoms with van der Waals surface area (Å²) in [5.74, 6) is -2.15. The molecule has 0 saturated carbocycles. The highest BCUT2D eigenvalue weighted by atomic mass is 16.5. The average Bonchev–Trinajstić information content (AvgIpc) is 2.38. The molecule has 7 heteroatoms. The van der Waals surface area contributed by atoms with E-state index in [1.54, 1.807) is 4.90 Å². The fraction of sp³-hybridized carbons (Fsp3) is 0.727. The highest BCUT2D eigenvalue weighted by Crippen LogP contribution is 2.19. The van der Waals surface area contributed by atoms with E-state index < -0.39 is 23.9 Å². The first-order valence-corrected chi connectivity index (χ1v) is 5.70. The SMILES string of the molecule is COC(=O)C(C(=O)OC)N1CCCC(C(N)=O)C1. The second-order valence-electron chi connectivity index (χ2n) is 4.19. The molecule has 2 N–H and O–H groups in total. The van der Waals surface area contributed by atoms with Gasteiger partial charge in [-0.3, -0.25) is 9.69 Å². The Kier molecular flexibility index (Phi) is 5.08. The molecule has 0 aromatic carbocycles. The summed E-state index contributed by atoms with van der Waals surface area (Å²) < 4.78 is 9.17. The maximum absolute atomic E-state index is 11.6. The number of piperidine rings is 1. The summed E-state index contributed by atoms with van der Waals surface area (Å²) in [5, 5.41) is 0. The number of carbonyl (C=O) groups excluding carboxylic acids is 3. The molecule has 0 bridgehead atoms. The summed E-state index contributed by atoms with van der Waals surface area (Å²) >= 11 is 0. The summed E-state index contributed by atoms with van der Waals surface area (Å²) in [4.78, 5) is 36.0. The van der Waals surface area contributed by atoms with E-state index in [0.717, 1.165) is 0 Å². The molecule has 1 heterocycles. The largest absolute Gasteiger partial charge is 0.467 e. The number of amides is 1. The Morgan fingerprint density at radius 3 is 2.22 bits per heavy atom. The van der Waals surface area contributed by atoms with Crippen molar-refractivity contribution in [1.82, 2.24) is 4.90 Å². The van der Waals surface area contributed by atoms with Crippen molar-refractivity contribution in [2.24, 2.45) is 11.7 Å². The van der Waals surface area contributed by atoms with E-state index in [2.05, 4.69) is 9.47 Å². The van der Waals surface area contributed by atoms with Gasteiger partial charge in [-0.05, 0) is 19.4 Å². The van der Waals surface area contributed by atoms with Gasteiger partial charge in [0, 0.05) is 6.54 Å². The fourth-order valence-corrected chi connectivity index (χ4v) is 2.09. The Hall–Kier alpha value is -1.63. The lowest BCUT2D eigenvalue weighted by atomic mass is 9.96. The van der Waals surface area contributed by atoms with Crippen molar-refractivity contribution in [1.29, 1.82) is 0 Å². The molecule has 1 aliphatic rings. The van der Waals surface area contributed by atoms with E-state index in [4.69, 9.17) is 5.73 Å². The normalized spacial score (nSPS) is 20.5. The number of hydrogen-bond donors (Lipinski definition) is 1. The van der Waals surface area contributed by atoms with Crippen LogP contribution in [0.1, 0.15) is 12.8 Å². The molecule has 0 aliphatic carbocycles. The van der Waals surface area contributed by atoms with Crippen molar-refractivity contribution in [3.63, 3.8) is 0 Å². The molecule has 1 fully saturated rings. The van der Waals surface area contributed by atoms with Crippen LogP contribution in [-0.2, 0) is 23.9 Å². The Morgan fingerprint density at radius 1 is 1.22 bits per heavy atom. The van der Waals surface area contributed by atoms with Crippen molar-refractivity contribution >= 4 is 17.8 Å². The number of nitrogens with two attached hydrogens (primary N) is 1. The zero-order valence-corrected chi connectivity index (χ0v) is 10.5. The Morgan fingerprint density at radius 2 is 1.78 bits per heavy atom. The minimum atomic E-state index is -1.12. The van der Waals surface area contributed by atoms with Gasteiger partial charge in [-0.1, -0.05) is 0 Å². The zero-order valence-electron chi connectivity index (χ0n) is 10.5. The molecule has 1 unspecified atom stereocenters. The summed E-state index contributed by atoms with van der Waals surface area (Å²) in [6.45, 7) is 0.794. The van der Waals surface area contributed by atoms with Crippen LogP contribution in [0.4, 0.5) is 0 Å². The molecule has 1 saturated heterocycles. The third-order valence-electron chi connectivity index (χ3n) is 3.07. The number of primary amides is 1. The van der Waals surface area contributed by atoms with Gasteiger partial charge in [0.1, 0.15) is 0 Å². The van der Waals surface area contributed by atoms with Gasteiger partial charge in [-0.15, -0.1) is 0 Å². The average molecular weight is 258 g/mol. The standard InChI is InChI=1S/C11H18N2O5/c1-17-10(15)8(11(16)18-2)13-5-3-4-7(6-13)9(12)14/h7-8H,3-6H2,1-2H3,(H2,12,14). The van der Waals surface area contributed by atoms with Crippen LogP contribution in [0.3, 0.4) is 0 Å². The number of carbonyl (C=O) groups is 3. The minimum Gasteiger partial charge on any atom is -0.467 e. The van der Waals surface area contributed by atoms with Crippen LogP contribution in [0.15, 0.2) is 0 Å². The van der Waals surface area contributed by atoms with Crippen LogP contribution in [0, 0.1) is 5.92 Å². The lowest BCUT2D eigenvalue weighted by Crippen LogP contribution is -2.53. The van der Waals surface area contributed by atoms with Crippen LogP contribution in [0.5, 0.6) is 0 Å². The second-order valence-corrected chi connectivity index (χ2v) is 4.19. The van der Waals surface area contributed by atoms with Crippen LogP contribution in [0.2, 0.25) is 0 Å². The monoisotopic (exact) mass is 258 g/mol. The highest BCUT2D eigenvalue weighted by molar-refractivity contribution is 5.99. The molecule has 0 aromatic rings. The molecule has 0 radical (unpaired) electrons. The number of rotatable bonds is 4. The Labute approximate surface area is 105 Å². The summed E-state index contributed by atoms with van der Waals surface area (Å²) in [5.41, 5.74) is 5.25. The third kappa shape index (κ3) is 3.19. The smallest absolute Gasteiger partial charge is 0.334 e. The van der Waals surface area contributed by atoms with Crippen LogP contribution in [0.25, 0.3) is 0 Å². The van der Waals surface area contributed by atoms with E-state index in [1.165, 1.54) is 14.2 Å². The molecule has 1 atom stereocenters. The predicted molar refractivity (Wildman–Crippen MR) is 61.3 cm³/mol. The van der Waals surface area contributed by atoms with E-state index in [-0.39, 0.29) is 12.5 Å². The summed E-state index contributed by atoms with van der Waals surface area (Å²) in [7, 11) is 2.40. The van der Waals surface area contributed by atoms with Gasteiger partial charge in [0.15, 0.2) is 0 Å². The van der Waals surface area contributed by atoms with E-state index in [1.807, 2.05) is 0 Å². The number of hydrogen-bond acceptors (Lipinski definition) is 6. The maximum atomic E-state index is 11.6. The number of ether oxygens (including phenoxy) is 2. The topological polar surface area (TPSA) is 98.9 Å². The maximum Gasteiger partial charge on any atom is 0.334 e. The van der Waals surface area contributed by atoms with Crippen LogP contribution < -0.4 is 5.73 Å². The first-order valence-electron chi connectivity index (χ1n) is 5.70. The van der Waals surface area contributed by atoms with Crippen molar-refractivity contribution in [3.8, 4) is 0 Å². The lowest BCUT2D eigenvalue weighted by molar-refractivity contribution is -0.162. The van der Waals surface area contributed by atoms with Gasteiger partial charge in [-0.25, -0.2) is 9.59 Å². The molecule has 1 amide bonds. The number of esters is 2. The van der Waals surface area contributed by atoms with E-state index in [9.17, 15) is 14.4 Å². The molecule has 1 rings (SSSR count). The molecule has 7 nitrogen and oxygen atoms in total. The van der Waals surface area contributed by atoms with Crippen molar-refractivity contribution in [2.45, 2.75) is 18.9 Å². The number of nitrogens with zero attached hydrogens (tertiary/aromatic N) is 1. The van der Waals surface area contributed by atoms with E-state index >= 15 is 0 Å². The van der Waals surface area contributed by atoms with Crippen LogP contribution in [-0.4, -0.2) is 56.1 Å². The Balaban J connectivity index is 2.82. The van der Waals surface area contributed by atoms with E-state index in [0.29, 0.717) is 19.4 Å². The molecule has 102 valence electrons. The van der Waals surface area contributed by atoms with Crippen LogP contribution >= 0.6 is 0 Å². The lowest BCUT2D eigenvalue weighted by Gasteiger charge is -2.34. The number of likely N-dealkylation sites (tertiary alicyclic amines) is 1. The van der Waals surface area contributed by atoms with Gasteiger partial charge in [0.25, 0.3) is 0 Å². The number of methoxy groups -OCH3 is 2. The predicted octanol–water partition coefficient (Wildman–Crippen LogP) is -1.10. The molecule has 0 aromatic heterocycles. The molecular weight excluding hydrogens is 240 g/mol. The third-order valence-corrected chi connectivity index (χ3v) is 3.07. The van der Waals surface area contributed by atoms with Crippen molar-refractivity contribution in [2.75, 3.05) is 27.3 Å². The molecule has 0 spiro atoms. The molecular formula is C11H18N2O5. The molecule has 1 aliphatic heterocycles.